The number of carboxylic acids is 1. The highest BCUT2D eigenvalue weighted by Crippen LogP contribution is 2.31. The number of ether oxygens (including phenoxy) is 1. The SMILES string of the molecule is COc1c(CN(C)C)cccc1CC(C)(C)C(=O)O. The van der Waals surface area contributed by atoms with E-state index in [1.54, 1.807) is 21.0 Å². The average molecular weight is 265 g/mol. The monoisotopic (exact) mass is 265 g/mol. The van der Waals surface area contributed by atoms with E-state index in [0.717, 1.165) is 23.4 Å². The number of methoxy groups -OCH3 is 1. The van der Waals surface area contributed by atoms with Crippen LogP contribution in [0.3, 0.4) is 0 Å². The molecular weight excluding hydrogens is 242 g/mol. The van der Waals surface area contributed by atoms with Crippen LogP contribution in [0.25, 0.3) is 0 Å². The minimum absolute atomic E-state index is 0.451. The van der Waals surface area contributed by atoms with E-state index in [2.05, 4.69) is 4.90 Å². The molecule has 1 aromatic carbocycles. The third-order valence-electron chi connectivity index (χ3n) is 3.08. The molecule has 0 atom stereocenters. The Hall–Kier alpha value is -1.55. The number of nitrogens with zero attached hydrogens (tertiary/aromatic N) is 1. The fourth-order valence-corrected chi connectivity index (χ4v) is 2.06. The maximum atomic E-state index is 11.2. The van der Waals surface area contributed by atoms with Gasteiger partial charge in [-0.2, -0.15) is 0 Å². The normalized spacial score (nSPS) is 11.7. The van der Waals surface area contributed by atoms with Crippen molar-refractivity contribution in [1.82, 2.24) is 4.90 Å². The minimum atomic E-state index is -0.802. The summed E-state index contributed by atoms with van der Waals surface area (Å²) in [5.41, 5.74) is 1.21. The highest BCUT2D eigenvalue weighted by atomic mass is 16.5. The van der Waals surface area contributed by atoms with Gasteiger partial charge in [0, 0.05) is 12.1 Å². The number of hydrogen-bond donors (Lipinski definition) is 1. The van der Waals surface area contributed by atoms with Crippen molar-refractivity contribution in [3.63, 3.8) is 0 Å². The summed E-state index contributed by atoms with van der Waals surface area (Å²) >= 11 is 0. The number of carbonyl (C=O) groups is 1. The van der Waals surface area contributed by atoms with Gasteiger partial charge in [0.05, 0.1) is 12.5 Å². The van der Waals surface area contributed by atoms with Crippen molar-refractivity contribution in [2.24, 2.45) is 5.41 Å². The van der Waals surface area contributed by atoms with Crippen LogP contribution in [0.2, 0.25) is 0 Å². The molecule has 0 amide bonds. The molecule has 0 spiro atoms. The summed E-state index contributed by atoms with van der Waals surface area (Å²) < 4.78 is 5.48. The Bertz CT molecular complexity index is 453. The van der Waals surface area contributed by atoms with Gasteiger partial charge in [-0.25, -0.2) is 0 Å². The van der Waals surface area contributed by atoms with E-state index in [9.17, 15) is 9.90 Å². The molecule has 1 N–H and O–H groups in total. The summed E-state index contributed by atoms with van der Waals surface area (Å²) in [6, 6.07) is 5.90. The molecule has 106 valence electrons. The largest absolute Gasteiger partial charge is 0.496 e. The van der Waals surface area contributed by atoms with E-state index in [1.165, 1.54) is 0 Å². The number of benzene rings is 1. The number of rotatable bonds is 6. The van der Waals surface area contributed by atoms with Crippen LogP contribution in [0.1, 0.15) is 25.0 Å². The maximum absolute atomic E-state index is 11.2. The Morgan fingerprint density at radius 3 is 2.37 bits per heavy atom. The van der Waals surface area contributed by atoms with Crippen LogP contribution >= 0.6 is 0 Å². The molecule has 1 aromatic rings. The molecule has 0 bridgehead atoms. The lowest BCUT2D eigenvalue weighted by Crippen LogP contribution is -2.26. The third-order valence-corrected chi connectivity index (χ3v) is 3.08. The van der Waals surface area contributed by atoms with E-state index in [4.69, 9.17) is 4.74 Å². The lowest BCUT2D eigenvalue weighted by Gasteiger charge is -2.22. The van der Waals surface area contributed by atoms with Crippen molar-refractivity contribution in [2.45, 2.75) is 26.8 Å². The molecule has 0 unspecified atom stereocenters. The molecular formula is C15H23NO3. The smallest absolute Gasteiger partial charge is 0.309 e. The van der Waals surface area contributed by atoms with E-state index in [-0.39, 0.29) is 0 Å². The predicted molar refractivity (Wildman–Crippen MR) is 75.5 cm³/mol. The van der Waals surface area contributed by atoms with E-state index < -0.39 is 11.4 Å². The van der Waals surface area contributed by atoms with Gasteiger partial charge in [0.1, 0.15) is 5.75 Å². The molecule has 0 saturated carbocycles. The van der Waals surface area contributed by atoms with Gasteiger partial charge in [0.2, 0.25) is 0 Å². The summed E-state index contributed by atoms with van der Waals surface area (Å²) in [6.45, 7) is 4.23. The van der Waals surface area contributed by atoms with Gasteiger partial charge in [-0.05, 0) is 39.9 Å². The molecule has 0 aliphatic heterocycles. The van der Waals surface area contributed by atoms with Crippen LogP contribution in [-0.2, 0) is 17.8 Å². The highest BCUT2D eigenvalue weighted by molar-refractivity contribution is 5.74. The topological polar surface area (TPSA) is 49.8 Å². The summed E-state index contributed by atoms with van der Waals surface area (Å²) in [5.74, 6) is -0.00177. The molecule has 0 fully saturated rings. The van der Waals surface area contributed by atoms with Crippen LogP contribution in [0.4, 0.5) is 0 Å². The van der Waals surface area contributed by atoms with Gasteiger partial charge in [0.25, 0.3) is 0 Å². The predicted octanol–water partition coefficient (Wildman–Crippen LogP) is 2.41. The van der Waals surface area contributed by atoms with Crippen LogP contribution in [0.5, 0.6) is 5.75 Å². The van der Waals surface area contributed by atoms with Crippen molar-refractivity contribution in [3.05, 3.63) is 29.3 Å². The molecule has 0 aromatic heterocycles. The second-order valence-corrected chi connectivity index (χ2v) is 5.71. The molecule has 0 saturated heterocycles. The van der Waals surface area contributed by atoms with Crippen LogP contribution < -0.4 is 4.74 Å². The van der Waals surface area contributed by atoms with Gasteiger partial charge in [0.15, 0.2) is 0 Å². The number of carboxylic acid groups (broad SMARTS) is 1. The summed E-state index contributed by atoms with van der Waals surface area (Å²) in [4.78, 5) is 13.3. The van der Waals surface area contributed by atoms with E-state index in [1.807, 2.05) is 32.3 Å². The fourth-order valence-electron chi connectivity index (χ4n) is 2.06. The summed E-state index contributed by atoms with van der Waals surface area (Å²) in [5, 5.41) is 9.23. The molecule has 0 aliphatic carbocycles. The average Bonchev–Trinajstić information content (AvgIpc) is 2.27. The lowest BCUT2D eigenvalue weighted by molar-refractivity contribution is -0.146. The summed E-state index contributed by atoms with van der Waals surface area (Å²) in [7, 11) is 5.62. The molecule has 19 heavy (non-hydrogen) atoms. The van der Waals surface area contributed by atoms with Crippen molar-refractivity contribution < 1.29 is 14.6 Å². The van der Waals surface area contributed by atoms with Crippen molar-refractivity contribution in [3.8, 4) is 5.75 Å². The molecule has 0 aliphatic rings. The molecule has 1 rings (SSSR count). The van der Waals surface area contributed by atoms with Crippen LogP contribution in [0.15, 0.2) is 18.2 Å². The van der Waals surface area contributed by atoms with Gasteiger partial charge in [-0.3, -0.25) is 4.79 Å². The quantitative estimate of drug-likeness (QED) is 0.858. The minimum Gasteiger partial charge on any atom is -0.496 e. The Kier molecular flexibility index (Phi) is 4.95. The number of para-hydroxylation sites is 1. The zero-order valence-corrected chi connectivity index (χ0v) is 12.4. The maximum Gasteiger partial charge on any atom is 0.309 e. The fraction of sp³-hybridized carbons (Fsp3) is 0.533. The van der Waals surface area contributed by atoms with Crippen molar-refractivity contribution >= 4 is 5.97 Å². The second-order valence-electron chi connectivity index (χ2n) is 5.71. The first-order valence-corrected chi connectivity index (χ1v) is 6.31. The number of aliphatic carboxylic acids is 1. The van der Waals surface area contributed by atoms with Crippen LogP contribution in [0, 0.1) is 5.41 Å². The lowest BCUT2D eigenvalue weighted by atomic mass is 9.85. The Morgan fingerprint density at radius 2 is 1.89 bits per heavy atom. The van der Waals surface area contributed by atoms with Gasteiger partial charge < -0.3 is 14.7 Å². The van der Waals surface area contributed by atoms with E-state index in [0.29, 0.717) is 6.42 Å². The zero-order chi connectivity index (χ0) is 14.6. The molecule has 4 nitrogen and oxygen atoms in total. The molecule has 4 heteroatoms. The van der Waals surface area contributed by atoms with Crippen molar-refractivity contribution in [2.75, 3.05) is 21.2 Å². The van der Waals surface area contributed by atoms with Gasteiger partial charge >= 0.3 is 5.97 Å². The highest BCUT2D eigenvalue weighted by Gasteiger charge is 2.29. The Balaban J connectivity index is 3.11. The van der Waals surface area contributed by atoms with Crippen molar-refractivity contribution in [1.29, 1.82) is 0 Å². The Labute approximate surface area is 115 Å². The first-order chi connectivity index (χ1) is 8.77. The van der Waals surface area contributed by atoms with Gasteiger partial charge in [-0.1, -0.05) is 18.2 Å². The van der Waals surface area contributed by atoms with E-state index >= 15 is 0 Å². The Morgan fingerprint density at radius 1 is 1.32 bits per heavy atom. The third kappa shape index (κ3) is 3.96. The van der Waals surface area contributed by atoms with Crippen LogP contribution in [-0.4, -0.2) is 37.2 Å². The van der Waals surface area contributed by atoms with Gasteiger partial charge in [-0.15, -0.1) is 0 Å². The first-order valence-electron chi connectivity index (χ1n) is 6.31. The molecule has 0 radical (unpaired) electrons. The molecule has 0 heterocycles. The first kappa shape index (κ1) is 15.5. The summed E-state index contributed by atoms with van der Waals surface area (Å²) in [6.07, 6.45) is 0.451. The number of hydrogen-bond acceptors (Lipinski definition) is 3. The second kappa shape index (κ2) is 6.06. The zero-order valence-electron chi connectivity index (χ0n) is 12.4. The standard InChI is InChI=1S/C15H23NO3/c1-15(2,14(17)18)9-11-7-6-8-12(10-16(3)4)13(11)19-5/h6-8H,9-10H2,1-5H3,(H,17,18).